The molecule has 0 amide bonds. The van der Waals surface area contributed by atoms with E-state index in [1.165, 1.54) is 12.0 Å². The summed E-state index contributed by atoms with van der Waals surface area (Å²) >= 11 is 5.36. The second-order valence-corrected chi connectivity index (χ2v) is 5.96. The Morgan fingerprint density at radius 2 is 2.29 bits per heavy atom. The summed E-state index contributed by atoms with van der Waals surface area (Å²) in [6.07, 6.45) is 1.21. The minimum Gasteiger partial charge on any atom is -0.333 e. The molecular weight excluding hydrogens is 296 g/mol. The average molecular weight is 313 g/mol. The summed E-state index contributed by atoms with van der Waals surface area (Å²) in [6, 6.07) is 6.33. The molecule has 2 aromatic rings. The van der Waals surface area contributed by atoms with Crippen LogP contribution in [0.25, 0.3) is 11.0 Å². The maximum absolute atomic E-state index is 4.59. The van der Waals surface area contributed by atoms with Gasteiger partial charge in [-0.2, -0.15) is 0 Å². The topological polar surface area (TPSA) is 28.7 Å². The van der Waals surface area contributed by atoms with Crippen LogP contribution in [0.15, 0.2) is 23.4 Å². The van der Waals surface area contributed by atoms with Crippen molar-refractivity contribution in [1.29, 1.82) is 0 Å². The number of aryl methyl sites for hydroxylation is 1. The predicted octanol–water partition coefficient (Wildman–Crippen LogP) is 4.38. The maximum atomic E-state index is 4.59. The fourth-order valence-corrected chi connectivity index (χ4v) is 3.72. The van der Waals surface area contributed by atoms with E-state index in [9.17, 15) is 0 Å². The minimum atomic E-state index is 0.718. The third-order valence-corrected chi connectivity index (χ3v) is 4.89. The summed E-state index contributed by atoms with van der Waals surface area (Å²) in [5.74, 6) is 1.83. The molecule has 1 aromatic heterocycles. The molecule has 17 heavy (non-hydrogen) atoms. The van der Waals surface area contributed by atoms with Crippen LogP contribution in [-0.2, 0) is 0 Å². The van der Waals surface area contributed by atoms with E-state index in [1.807, 2.05) is 11.8 Å². The van der Waals surface area contributed by atoms with Crippen molar-refractivity contribution >= 4 is 38.7 Å². The Labute approximate surface area is 115 Å². The van der Waals surface area contributed by atoms with Gasteiger partial charge in [0.15, 0.2) is 5.16 Å². The largest absolute Gasteiger partial charge is 0.333 e. The van der Waals surface area contributed by atoms with Gasteiger partial charge in [0, 0.05) is 11.1 Å². The predicted molar refractivity (Wildman–Crippen MR) is 79.1 cm³/mol. The highest BCUT2D eigenvalue weighted by Crippen LogP contribution is 2.23. The second-order valence-electron chi connectivity index (χ2n) is 4.30. The molecule has 0 saturated heterocycles. The maximum Gasteiger partial charge on any atom is 0.166 e. The summed E-state index contributed by atoms with van der Waals surface area (Å²) in [6.45, 7) is 4.33. The molecule has 2 nitrogen and oxygen atoms in total. The number of hydrogen-bond donors (Lipinski definition) is 1. The van der Waals surface area contributed by atoms with Crippen LogP contribution in [0.2, 0.25) is 0 Å². The first-order valence-electron chi connectivity index (χ1n) is 5.88. The highest BCUT2D eigenvalue weighted by molar-refractivity contribution is 9.09. The third-order valence-electron chi connectivity index (χ3n) is 2.87. The molecule has 0 bridgehead atoms. The van der Waals surface area contributed by atoms with Gasteiger partial charge in [-0.1, -0.05) is 47.1 Å². The Morgan fingerprint density at radius 3 is 3.00 bits per heavy atom. The molecule has 0 aliphatic heterocycles. The highest BCUT2D eigenvalue weighted by atomic mass is 79.9. The number of nitrogens with one attached hydrogen (secondary N) is 1. The van der Waals surface area contributed by atoms with Crippen LogP contribution in [0.3, 0.4) is 0 Å². The molecule has 1 unspecified atom stereocenters. The van der Waals surface area contributed by atoms with Crippen LogP contribution in [0.1, 0.15) is 18.9 Å². The van der Waals surface area contributed by atoms with Gasteiger partial charge in [0.05, 0.1) is 11.0 Å². The van der Waals surface area contributed by atoms with E-state index in [2.05, 4.69) is 57.9 Å². The molecule has 4 heteroatoms. The normalized spacial score (nSPS) is 13.1. The molecule has 0 aliphatic carbocycles. The first-order valence-corrected chi connectivity index (χ1v) is 7.98. The number of aromatic amines is 1. The van der Waals surface area contributed by atoms with E-state index >= 15 is 0 Å². The molecular formula is C13H17BrN2S. The fraction of sp³-hybridized carbons (Fsp3) is 0.462. The lowest BCUT2D eigenvalue weighted by atomic mass is 10.2. The molecule has 1 aromatic carbocycles. The number of fused-ring (bicyclic) bond motifs is 1. The Kier molecular flexibility index (Phi) is 4.51. The van der Waals surface area contributed by atoms with Crippen LogP contribution >= 0.6 is 27.7 Å². The van der Waals surface area contributed by atoms with Gasteiger partial charge >= 0.3 is 0 Å². The van der Waals surface area contributed by atoms with Gasteiger partial charge in [-0.05, 0) is 30.5 Å². The summed E-state index contributed by atoms with van der Waals surface area (Å²) in [7, 11) is 0. The van der Waals surface area contributed by atoms with Crippen molar-refractivity contribution in [2.75, 3.05) is 11.1 Å². The molecule has 2 rings (SSSR count). The first-order chi connectivity index (χ1) is 8.22. The number of halogens is 1. The number of rotatable bonds is 5. The van der Waals surface area contributed by atoms with E-state index in [0.29, 0.717) is 0 Å². The highest BCUT2D eigenvalue weighted by Gasteiger charge is 2.08. The third kappa shape index (κ3) is 3.26. The van der Waals surface area contributed by atoms with Gasteiger partial charge in [-0.15, -0.1) is 0 Å². The van der Waals surface area contributed by atoms with Crippen LogP contribution < -0.4 is 0 Å². The fourth-order valence-electron chi connectivity index (χ4n) is 1.64. The number of aromatic nitrogens is 2. The van der Waals surface area contributed by atoms with Crippen LogP contribution in [0, 0.1) is 12.8 Å². The van der Waals surface area contributed by atoms with Crippen molar-refractivity contribution in [2.45, 2.75) is 25.4 Å². The van der Waals surface area contributed by atoms with E-state index in [0.717, 1.165) is 33.2 Å². The Balaban J connectivity index is 2.09. The number of nitrogens with zero attached hydrogens (tertiary/aromatic N) is 1. The Bertz CT molecular complexity index is 491. The number of H-pyrrole nitrogens is 1. The molecule has 1 N–H and O–H groups in total. The van der Waals surface area contributed by atoms with E-state index < -0.39 is 0 Å². The van der Waals surface area contributed by atoms with Crippen LogP contribution in [-0.4, -0.2) is 21.1 Å². The van der Waals surface area contributed by atoms with Gasteiger partial charge < -0.3 is 4.98 Å². The van der Waals surface area contributed by atoms with Crippen molar-refractivity contribution in [3.8, 4) is 0 Å². The molecule has 0 saturated carbocycles. The minimum absolute atomic E-state index is 0.718. The number of thioether (sulfide) groups is 1. The standard InChI is InChI=1S/C13H17BrN2S/c1-3-10(7-14)8-17-13-15-11-5-4-9(2)6-12(11)16-13/h4-6,10H,3,7-8H2,1-2H3,(H,15,16). The lowest BCUT2D eigenvalue weighted by Gasteiger charge is -2.08. The smallest absolute Gasteiger partial charge is 0.166 e. The summed E-state index contributed by atoms with van der Waals surface area (Å²) in [5, 5.41) is 2.10. The summed E-state index contributed by atoms with van der Waals surface area (Å²) in [5.41, 5.74) is 3.47. The van der Waals surface area contributed by atoms with Gasteiger partial charge in [-0.25, -0.2) is 4.98 Å². The number of benzene rings is 1. The van der Waals surface area contributed by atoms with Crippen molar-refractivity contribution in [1.82, 2.24) is 9.97 Å². The first kappa shape index (κ1) is 13.0. The van der Waals surface area contributed by atoms with Crippen molar-refractivity contribution < 1.29 is 0 Å². The van der Waals surface area contributed by atoms with E-state index in [4.69, 9.17) is 0 Å². The van der Waals surface area contributed by atoms with E-state index in [1.54, 1.807) is 0 Å². The quantitative estimate of drug-likeness (QED) is 0.655. The summed E-state index contributed by atoms with van der Waals surface area (Å²) < 4.78 is 0. The van der Waals surface area contributed by atoms with Gasteiger partial charge in [-0.3, -0.25) is 0 Å². The summed E-state index contributed by atoms with van der Waals surface area (Å²) in [4.78, 5) is 7.96. The molecule has 0 aliphatic rings. The lowest BCUT2D eigenvalue weighted by molar-refractivity contribution is 0.651. The zero-order valence-corrected chi connectivity index (χ0v) is 12.6. The SMILES string of the molecule is CCC(CBr)CSc1nc2ccc(C)cc2[nH]1. The van der Waals surface area contributed by atoms with Gasteiger partial charge in [0.25, 0.3) is 0 Å². The zero-order valence-electron chi connectivity index (χ0n) is 10.2. The second kappa shape index (κ2) is 5.91. The Morgan fingerprint density at radius 1 is 1.47 bits per heavy atom. The van der Waals surface area contributed by atoms with Crippen molar-refractivity contribution in [2.24, 2.45) is 5.92 Å². The zero-order chi connectivity index (χ0) is 12.3. The van der Waals surface area contributed by atoms with Gasteiger partial charge in [0.2, 0.25) is 0 Å². The average Bonchev–Trinajstić information content (AvgIpc) is 2.72. The number of alkyl halides is 1. The van der Waals surface area contributed by atoms with Crippen molar-refractivity contribution in [3.05, 3.63) is 23.8 Å². The molecule has 1 heterocycles. The van der Waals surface area contributed by atoms with Crippen LogP contribution in [0.4, 0.5) is 0 Å². The number of imidazole rings is 1. The van der Waals surface area contributed by atoms with E-state index in [-0.39, 0.29) is 0 Å². The molecule has 0 fully saturated rings. The van der Waals surface area contributed by atoms with Crippen molar-refractivity contribution in [3.63, 3.8) is 0 Å². The molecule has 0 radical (unpaired) electrons. The number of hydrogen-bond acceptors (Lipinski definition) is 2. The van der Waals surface area contributed by atoms with Gasteiger partial charge in [0.1, 0.15) is 0 Å². The molecule has 92 valence electrons. The van der Waals surface area contributed by atoms with Crippen LogP contribution in [0.5, 0.6) is 0 Å². The monoisotopic (exact) mass is 312 g/mol. The lowest BCUT2D eigenvalue weighted by Crippen LogP contribution is -2.03. The molecule has 1 atom stereocenters. The Hall–Kier alpha value is -0.480. The molecule has 0 spiro atoms.